The Morgan fingerprint density at radius 3 is 2.81 bits per heavy atom. The van der Waals surface area contributed by atoms with Crippen LogP contribution in [0.2, 0.25) is 0 Å². The van der Waals surface area contributed by atoms with E-state index in [2.05, 4.69) is 29.4 Å². The second kappa shape index (κ2) is 7.51. The topological polar surface area (TPSA) is 101 Å². The summed E-state index contributed by atoms with van der Waals surface area (Å²) in [6, 6.07) is 10.3. The summed E-state index contributed by atoms with van der Waals surface area (Å²) in [5.74, 6) is 0.780. The van der Waals surface area contributed by atoms with E-state index in [1.54, 1.807) is 41.7 Å². The minimum Gasteiger partial charge on any atom is -0.457 e. The number of para-hydroxylation sites is 1. The van der Waals surface area contributed by atoms with Gasteiger partial charge in [0.2, 0.25) is 0 Å². The van der Waals surface area contributed by atoms with Gasteiger partial charge in [-0.1, -0.05) is 12.1 Å². The van der Waals surface area contributed by atoms with Crippen molar-refractivity contribution in [3.8, 4) is 11.3 Å². The number of furan rings is 1. The smallest absolute Gasteiger partial charge is 0.280 e. The highest BCUT2D eigenvalue weighted by Crippen LogP contribution is 2.41. The Labute approximate surface area is 183 Å². The maximum absolute atomic E-state index is 12.9. The predicted octanol–water partition coefficient (Wildman–Crippen LogP) is 4.54. The lowest BCUT2D eigenvalue weighted by atomic mass is 10.0. The Kier molecular flexibility index (Phi) is 4.79. The van der Waals surface area contributed by atoms with Gasteiger partial charge in [-0.2, -0.15) is 0 Å². The van der Waals surface area contributed by atoms with E-state index in [4.69, 9.17) is 4.42 Å². The molecule has 0 aliphatic carbocycles. The van der Waals surface area contributed by atoms with Crippen molar-refractivity contribution in [2.24, 2.45) is 0 Å². The monoisotopic (exact) mass is 438 g/mol. The number of hydrogen-bond acceptors (Lipinski definition) is 7. The quantitative estimate of drug-likeness (QED) is 0.458. The molecule has 9 heteroatoms. The molecule has 0 fully saturated rings. The van der Waals surface area contributed by atoms with Crippen molar-refractivity contribution >= 4 is 27.9 Å². The first kappa shape index (κ1) is 19.8. The van der Waals surface area contributed by atoms with E-state index in [-0.39, 0.29) is 11.6 Å². The van der Waals surface area contributed by atoms with Crippen molar-refractivity contribution in [2.45, 2.75) is 39.0 Å². The molecule has 2 N–H and O–H groups in total. The third-order valence-corrected chi connectivity index (χ3v) is 7.02. The first-order valence-corrected chi connectivity index (χ1v) is 11.0. The number of thiophene rings is 1. The molecule has 160 valence electrons. The van der Waals surface area contributed by atoms with Gasteiger partial charge in [-0.3, -0.25) is 19.8 Å². The molecule has 0 saturated heterocycles. The van der Waals surface area contributed by atoms with Crippen molar-refractivity contribution in [2.75, 3.05) is 11.9 Å². The molecule has 31 heavy (non-hydrogen) atoms. The minimum atomic E-state index is -0.530. The second-order valence-electron chi connectivity index (χ2n) is 8.05. The van der Waals surface area contributed by atoms with Crippen molar-refractivity contribution < 1.29 is 14.1 Å². The van der Waals surface area contributed by atoms with Gasteiger partial charge in [-0.15, -0.1) is 11.3 Å². The van der Waals surface area contributed by atoms with Crippen LogP contribution in [0.4, 0.5) is 10.7 Å². The van der Waals surface area contributed by atoms with Gasteiger partial charge in [-0.25, -0.2) is 0 Å². The van der Waals surface area contributed by atoms with E-state index in [0.717, 1.165) is 35.6 Å². The molecule has 1 aromatic carbocycles. The zero-order valence-corrected chi connectivity index (χ0v) is 18.0. The van der Waals surface area contributed by atoms with Gasteiger partial charge in [0.05, 0.1) is 16.1 Å². The minimum absolute atomic E-state index is 0.0213. The molecule has 0 radical (unpaired) electrons. The van der Waals surface area contributed by atoms with Gasteiger partial charge >= 0.3 is 0 Å². The molecule has 1 atom stereocenters. The van der Waals surface area contributed by atoms with Crippen LogP contribution in [0.1, 0.15) is 46.6 Å². The molecule has 0 bridgehead atoms. The molecule has 0 spiro atoms. The van der Waals surface area contributed by atoms with E-state index in [1.165, 1.54) is 10.9 Å². The van der Waals surface area contributed by atoms with E-state index < -0.39 is 11.1 Å². The zero-order chi connectivity index (χ0) is 21.7. The van der Waals surface area contributed by atoms with Crippen LogP contribution in [0.25, 0.3) is 11.3 Å². The van der Waals surface area contributed by atoms with E-state index in [1.807, 2.05) is 0 Å². The zero-order valence-electron chi connectivity index (χ0n) is 17.2. The normalized spacial score (nSPS) is 18.3. The molecule has 3 aromatic rings. The summed E-state index contributed by atoms with van der Waals surface area (Å²) in [6.45, 7) is 6.17. The standard InChI is InChI=1S/C22H22N4O4S/c1-12(2)25-10-9-14-18(11-25)31-22-19(14)21(27)23-20(24-22)17-8-7-16(30-17)13-5-3-4-6-15(13)26(28)29/h3-8,12,20,24H,9-11H2,1-2H3,(H,23,27). The number of carbonyl (C=O) groups is 1. The highest BCUT2D eigenvalue weighted by molar-refractivity contribution is 7.16. The number of nitrogens with zero attached hydrogens (tertiary/aromatic N) is 2. The van der Waals surface area contributed by atoms with Crippen LogP contribution in [0.15, 0.2) is 40.8 Å². The van der Waals surface area contributed by atoms with Gasteiger partial charge in [0, 0.05) is 30.1 Å². The number of nitro groups is 1. The van der Waals surface area contributed by atoms with E-state index in [9.17, 15) is 14.9 Å². The first-order valence-electron chi connectivity index (χ1n) is 10.2. The van der Waals surface area contributed by atoms with Crippen LogP contribution in [0, 0.1) is 10.1 Å². The maximum Gasteiger partial charge on any atom is 0.280 e. The fourth-order valence-electron chi connectivity index (χ4n) is 4.21. The molecule has 1 unspecified atom stereocenters. The number of fused-ring (bicyclic) bond motifs is 3. The summed E-state index contributed by atoms with van der Waals surface area (Å²) < 4.78 is 5.93. The Hall–Kier alpha value is -3.17. The largest absolute Gasteiger partial charge is 0.457 e. The molecule has 2 aliphatic heterocycles. The van der Waals surface area contributed by atoms with Crippen LogP contribution in [-0.2, 0) is 13.0 Å². The molecular formula is C22H22N4O4S. The summed E-state index contributed by atoms with van der Waals surface area (Å²) in [6.07, 6.45) is 0.333. The highest BCUT2D eigenvalue weighted by atomic mass is 32.1. The molecule has 8 nitrogen and oxygen atoms in total. The lowest BCUT2D eigenvalue weighted by molar-refractivity contribution is -0.384. The van der Waals surface area contributed by atoms with Crippen LogP contribution in [0.5, 0.6) is 0 Å². The van der Waals surface area contributed by atoms with Crippen LogP contribution >= 0.6 is 11.3 Å². The summed E-state index contributed by atoms with van der Waals surface area (Å²) >= 11 is 1.63. The third-order valence-electron chi connectivity index (χ3n) is 5.87. The van der Waals surface area contributed by atoms with Gasteiger partial charge in [0.25, 0.3) is 11.6 Å². The lowest BCUT2D eigenvalue weighted by Gasteiger charge is -2.30. The molecular weight excluding hydrogens is 416 g/mol. The number of amides is 1. The van der Waals surface area contributed by atoms with Gasteiger partial charge in [-0.05, 0) is 44.0 Å². The van der Waals surface area contributed by atoms with Crippen molar-refractivity contribution in [3.63, 3.8) is 0 Å². The van der Waals surface area contributed by atoms with Gasteiger partial charge in [0.1, 0.15) is 16.5 Å². The highest BCUT2D eigenvalue weighted by Gasteiger charge is 2.34. The Morgan fingerprint density at radius 2 is 2.03 bits per heavy atom. The van der Waals surface area contributed by atoms with Crippen molar-refractivity contribution in [1.29, 1.82) is 0 Å². The van der Waals surface area contributed by atoms with Gasteiger partial charge < -0.3 is 15.1 Å². The van der Waals surface area contributed by atoms with Crippen molar-refractivity contribution in [3.05, 3.63) is 68.3 Å². The molecule has 2 aromatic heterocycles. The number of rotatable bonds is 4. The molecule has 4 heterocycles. The van der Waals surface area contributed by atoms with Crippen LogP contribution in [-0.4, -0.2) is 28.3 Å². The number of benzene rings is 1. The van der Waals surface area contributed by atoms with E-state index in [0.29, 0.717) is 23.1 Å². The number of nitro benzene ring substituents is 1. The molecule has 1 amide bonds. The average Bonchev–Trinajstić information content (AvgIpc) is 3.38. The molecule has 2 aliphatic rings. The number of hydrogen-bond donors (Lipinski definition) is 2. The fraction of sp³-hybridized carbons (Fsp3) is 0.318. The van der Waals surface area contributed by atoms with E-state index >= 15 is 0 Å². The first-order chi connectivity index (χ1) is 14.9. The van der Waals surface area contributed by atoms with Crippen LogP contribution in [0.3, 0.4) is 0 Å². The number of anilines is 1. The molecule has 0 saturated carbocycles. The molecule has 5 rings (SSSR count). The summed E-state index contributed by atoms with van der Waals surface area (Å²) in [4.78, 5) is 27.5. The number of carbonyl (C=O) groups excluding carboxylic acids is 1. The Balaban J connectivity index is 1.43. The summed E-state index contributed by atoms with van der Waals surface area (Å²) in [7, 11) is 0. The second-order valence-corrected chi connectivity index (χ2v) is 9.15. The van der Waals surface area contributed by atoms with Crippen LogP contribution < -0.4 is 10.6 Å². The fourth-order valence-corrected chi connectivity index (χ4v) is 5.51. The third kappa shape index (κ3) is 3.39. The Bertz CT molecular complexity index is 1180. The summed E-state index contributed by atoms with van der Waals surface area (Å²) in [5, 5.41) is 18.6. The SMILES string of the molecule is CC(C)N1CCc2c(sc3c2C(=O)NC(c2ccc(-c4ccccc4[N+](=O)[O-])o2)N3)C1. The maximum atomic E-state index is 12.9. The average molecular weight is 439 g/mol. The number of nitrogens with one attached hydrogen (secondary N) is 2. The van der Waals surface area contributed by atoms with Gasteiger partial charge in [0.15, 0.2) is 6.17 Å². The lowest BCUT2D eigenvalue weighted by Crippen LogP contribution is -2.39. The Morgan fingerprint density at radius 1 is 1.23 bits per heavy atom. The predicted molar refractivity (Wildman–Crippen MR) is 118 cm³/mol. The summed E-state index contributed by atoms with van der Waals surface area (Å²) in [5.41, 5.74) is 2.26. The van der Waals surface area contributed by atoms with Crippen molar-refractivity contribution in [1.82, 2.24) is 10.2 Å².